The SMILES string of the molecule is CCOc1ccc(-c2csc(NNC(=O)c3ccc(OC)cc3)n2)cc1. The van der Waals surface area contributed by atoms with E-state index in [1.807, 2.05) is 36.6 Å². The summed E-state index contributed by atoms with van der Waals surface area (Å²) in [5.74, 6) is 1.29. The molecule has 26 heavy (non-hydrogen) atoms. The second-order valence-electron chi connectivity index (χ2n) is 5.30. The second-order valence-corrected chi connectivity index (χ2v) is 6.16. The molecule has 3 rings (SSSR count). The summed E-state index contributed by atoms with van der Waals surface area (Å²) in [6, 6.07) is 14.6. The number of methoxy groups -OCH3 is 1. The number of rotatable bonds is 7. The van der Waals surface area contributed by atoms with Crippen molar-refractivity contribution in [3.63, 3.8) is 0 Å². The van der Waals surface area contributed by atoms with Crippen molar-refractivity contribution in [2.24, 2.45) is 0 Å². The third-order valence-corrected chi connectivity index (χ3v) is 4.36. The quantitative estimate of drug-likeness (QED) is 0.617. The maximum Gasteiger partial charge on any atom is 0.269 e. The molecule has 1 aromatic heterocycles. The molecule has 0 atom stereocenters. The molecule has 0 aliphatic rings. The van der Waals surface area contributed by atoms with E-state index in [0.717, 1.165) is 17.0 Å². The summed E-state index contributed by atoms with van der Waals surface area (Å²) in [6.07, 6.45) is 0. The minimum atomic E-state index is -0.245. The highest BCUT2D eigenvalue weighted by Gasteiger charge is 2.08. The monoisotopic (exact) mass is 369 g/mol. The molecule has 6 nitrogen and oxygen atoms in total. The van der Waals surface area contributed by atoms with Crippen molar-refractivity contribution in [1.29, 1.82) is 0 Å². The van der Waals surface area contributed by atoms with Crippen LogP contribution in [0.5, 0.6) is 11.5 Å². The van der Waals surface area contributed by atoms with E-state index in [9.17, 15) is 4.79 Å². The highest BCUT2D eigenvalue weighted by atomic mass is 32.1. The first-order valence-electron chi connectivity index (χ1n) is 8.08. The van der Waals surface area contributed by atoms with Crippen molar-refractivity contribution in [3.8, 4) is 22.8 Å². The molecule has 1 amide bonds. The number of aromatic nitrogens is 1. The van der Waals surface area contributed by atoms with Crippen LogP contribution < -0.4 is 20.3 Å². The summed E-state index contributed by atoms with van der Waals surface area (Å²) < 4.78 is 10.5. The van der Waals surface area contributed by atoms with Crippen LogP contribution in [-0.2, 0) is 0 Å². The predicted molar refractivity (Wildman–Crippen MR) is 103 cm³/mol. The molecule has 0 bridgehead atoms. The van der Waals surface area contributed by atoms with Crippen molar-refractivity contribution in [1.82, 2.24) is 10.4 Å². The molecule has 0 spiro atoms. The number of anilines is 1. The van der Waals surface area contributed by atoms with E-state index in [2.05, 4.69) is 15.8 Å². The molecule has 0 saturated carbocycles. The Balaban J connectivity index is 1.60. The van der Waals surface area contributed by atoms with Gasteiger partial charge in [0, 0.05) is 16.5 Å². The minimum Gasteiger partial charge on any atom is -0.497 e. The van der Waals surface area contributed by atoms with Crippen LogP contribution in [0.2, 0.25) is 0 Å². The summed E-state index contributed by atoms with van der Waals surface area (Å²) in [4.78, 5) is 16.6. The first-order chi connectivity index (χ1) is 12.7. The van der Waals surface area contributed by atoms with E-state index >= 15 is 0 Å². The Bertz CT molecular complexity index is 860. The lowest BCUT2D eigenvalue weighted by molar-refractivity contribution is 0.0962. The van der Waals surface area contributed by atoms with Crippen LogP contribution in [0.4, 0.5) is 5.13 Å². The molecule has 0 unspecified atom stereocenters. The van der Waals surface area contributed by atoms with Crippen LogP contribution in [0, 0.1) is 0 Å². The number of ether oxygens (including phenoxy) is 2. The van der Waals surface area contributed by atoms with E-state index in [4.69, 9.17) is 9.47 Å². The zero-order valence-electron chi connectivity index (χ0n) is 14.5. The van der Waals surface area contributed by atoms with Crippen LogP contribution >= 0.6 is 11.3 Å². The average molecular weight is 369 g/mol. The molecular weight excluding hydrogens is 350 g/mol. The van der Waals surface area contributed by atoms with Gasteiger partial charge in [0.05, 0.1) is 19.4 Å². The van der Waals surface area contributed by atoms with Crippen molar-refractivity contribution >= 4 is 22.4 Å². The largest absolute Gasteiger partial charge is 0.497 e. The maximum atomic E-state index is 12.1. The van der Waals surface area contributed by atoms with Gasteiger partial charge in [-0.25, -0.2) is 4.98 Å². The molecule has 0 aliphatic carbocycles. The number of thiazole rings is 1. The summed E-state index contributed by atoms with van der Waals surface area (Å²) >= 11 is 1.41. The lowest BCUT2D eigenvalue weighted by Crippen LogP contribution is -2.29. The van der Waals surface area contributed by atoms with E-state index in [1.165, 1.54) is 11.3 Å². The minimum absolute atomic E-state index is 0.245. The number of hydrogen-bond donors (Lipinski definition) is 2. The molecule has 7 heteroatoms. The summed E-state index contributed by atoms with van der Waals surface area (Å²) in [6.45, 7) is 2.59. The van der Waals surface area contributed by atoms with E-state index in [1.54, 1.807) is 31.4 Å². The van der Waals surface area contributed by atoms with Crippen LogP contribution in [0.3, 0.4) is 0 Å². The fraction of sp³-hybridized carbons (Fsp3) is 0.158. The number of carbonyl (C=O) groups excluding carboxylic acids is 1. The van der Waals surface area contributed by atoms with Crippen molar-refractivity contribution in [2.45, 2.75) is 6.92 Å². The van der Waals surface area contributed by atoms with Gasteiger partial charge in [-0.3, -0.25) is 15.6 Å². The number of hydrazine groups is 1. The molecule has 3 aromatic rings. The average Bonchev–Trinajstić information content (AvgIpc) is 3.16. The highest BCUT2D eigenvalue weighted by molar-refractivity contribution is 7.14. The van der Waals surface area contributed by atoms with Gasteiger partial charge >= 0.3 is 0 Å². The number of hydrogen-bond acceptors (Lipinski definition) is 6. The fourth-order valence-electron chi connectivity index (χ4n) is 2.28. The van der Waals surface area contributed by atoms with E-state index in [-0.39, 0.29) is 5.91 Å². The van der Waals surface area contributed by atoms with Crippen molar-refractivity contribution in [3.05, 3.63) is 59.5 Å². The Morgan fingerprint density at radius 1 is 1.08 bits per heavy atom. The van der Waals surface area contributed by atoms with Crippen LogP contribution in [0.15, 0.2) is 53.9 Å². The van der Waals surface area contributed by atoms with Gasteiger partial charge in [-0.05, 0) is 55.5 Å². The Labute approximate surface area is 155 Å². The van der Waals surface area contributed by atoms with Gasteiger partial charge in [0.15, 0.2) is 0 Å². The molecule has 0 fully saturated rings. The van der Waals surface area contributed by atoms with E-state index in [0.29, 0.717) is 23.1 Å². The topological polar surface area (TPSA) is 72.5 Å². The molecular formula is C19H19N3O3S. The third kappa shape index (κ3) is 4.31. The summed E-state index contributed by atoms with van der Waals surface area (Å²) in [5, 5.41) is 2.54. The summed E-state index contributed by atoms with van der Waals surface area (Å²) in [7, 11) is 1.58. The molecule has 2 aromatic carbocycles. The Hall–Kier alpha value is -3.06. The van der Waals surface area contributed by atoms with Crippen molar-refractivity contribution < 1.29 is 14.3 Å². The van der Waals surface area contributed by atoms with Gasteiger partial charge in [-0.2, -0.15) is 0 Å². The number of nitrogens with zero attached hydrogens (tertiary/aromatic N) is 1. The molecule has 0 saturated heterocycles. The second kappa shape index (κ2) is 8.35. The first kappa shape index (κ1) is 17.8. The Morgan fingerprint density at radius 2 is 1.77 bits per heavy atom. The van der Waals surface area contributed by atoms with Gasteiger partial charge < -0.3 is 9.47 Å². The molecule has 134 valence electrons. The molecule has 2 N–H and O–H groups in total. The molecule has 0 aliphatic heterocycles. The normalized spacial score (nSPS) is 10.2. The molecule has 0 radical (unpaired) electrons. The lowest BCUT2D eigenvalue weighted by Gasteiger charge is -2.06. The maximum absolute atomic E-state index is 12.1. The van der Waals surface area contributed by atoms with E-state index < -0.39 is 0 Å². The standard InChI is InChI=1S/C19H19N3O3S/c1-3-25-16-10-4-13(5-11-16)17-12-26-19(20-17)22-21-18(23)14-6-8-15(24-2)9-7-14/h4-12H,3H2,1-2H3,(H,20,22)(H,21,23). The Kier molecular flexibility index (Phi) is 5.70. The fourth-order valence-corrected chi connectivity index (χ4v) is 2.95. The summed E-state index contributed by atoms with van der Waals surface area (Å²) in [5.41, 5.74) is 7.83. The smallest absolute Gasteiger partial charge is 0.269 e. The van der Waals surface area contributed by atoms with Gasteiger partial charge in [-0.1, -0.05) is 0 Å². The van der Waals surface area contributed by atoms with Crippen LogP contribution in [0.1, 0.15) is 17.3 Å². The Morgan fingerprint density at radius 3 is 2.42 bits per heavy atom. The highest BCUT2D eigenvalue weighted by Crippen LogP contribution is 2.26. The van der Waals surface area contributed by atoms with Gasteiger partial charge in [-0.15, -0.1) is 11.3 Å². The van der Waals surface area contributed by atoms with Crippen molar-refractivity contribution in [2.75, 3.05) is 19.1 Å². The lowest BCUT2D eigenvalue weighted by atomic mass is 10.2. The van der Waals surface area contributed by atoms with Crippen LogP contribution in [0.25, 0.3) is 11.3 Å². The number of amides is 1. The zero-order chi connectivity index (χ0) is 18.4. The molecule has 1 heterocycles. The number of benzene rings is 2. The predicted octanol–water partition coefficient (Wildman–Crippen LogP) is 3.97. The van der Waals surface area contributed by atoms with Gasteiger partial charge in [0.25, 0.3) is 5.91 Å². The van der Waals surface area contributed by atoms with Gasteiger partial charge in [0.2, 0.25) is 5.13 Å². The third-order valence-electron chi connectivity index (χ3n) is 3.60. The number of nitrogens with one attached hydrogen (secondary N) is 2. The van der Waals surface area contributed by atoms with Crippen LogP contribution in [-0.4, -0.2) is 24.6 Å². The zero-order valence-corrected chi connectivity index (χ0v) is 15.3. The first-order valence-corrected chi connectivity index (χ1v) is 8.96. The van der Waals surface area contributed by atoms with Gasteiger partial charge in [0.1, 0.15) is 11.5 Å². The number of carbonyl (C=O) groups is 1.